The molecular formula is C18H18F2Zr. The van der Waals surface area contributed by atoms with Gasteiger partial charge in [-0.1, -0.05) is 35.9 Å². The molecule has 1 aliphatic rings. The van der Waals surface area contributed by atoms with Crippen LogP contribution < -0.4 is 0 Å². The van der Waals surface area contributed by atoms with Crippen LogP contribution in [0.25, 0.3) is 17.2 Å². The molecule has 0 heterocycles. The Balaban J connectivity index is 0.000000497. The maximum atomic E-state index is 13.8. The van der Waals surface area contributed by atoms with E-state index < -0.39 is 11.6 Å². The summed E-state index contributed by atoms with van der Waals surface area (Å²) in [4.78, 5) is 0. The molecule has 1 aliphatic carbocycles. The van der Waals surface area contributed by atoms with E-state index in [0.717, 1.165) is 17.5 Å². The summed E-state index contributed by atoms with van der Waals surface area (Å²) in [7, 11) is 0. The molecule has 0 spiro atoms. The average Bonchev–Trinajstić information content (AvgIpc) is 2.80. The molecule has 0 aromatic heterocycles. The van der Waals surface area contributed by atoms with Gasteiger partial charge in [0.05, 0.1) is 5.56 Å². The fourth-order valence-corrected chi connectivity index (χ4v) is 2.51. The standard InChI is InChI=1S/C16H12F2.2CH3.Zr/c1-10-8-11-4-2-5-12(13(11)9-10)16-14(17)6-3-7-15(16)18;;;/h2-7,9H,8H2,1H3;2*1H3;. The van der Waals surface area contributed by atoms with Crippen LogP contribution in [-0.4, -0.2) is 0 Å². The third-order valence-electron chi connectivity index (χ3n) is 3.29. The first-order valence-corrected chi connectivity index (χ1v) is 11.8. The predicted octanol–water partition coefficient (Wildman–Crippen LogP) is 5.76. The minimum atomic E-state index is -0.513. The number of benzene rings is 2. The molecule has 0 fully saturated rings. The van der Waals surface area contributed by atoms with Crippen molar-refractivity contribution in [2.45, 2.75) is 22.6 Å². The van der Waals surface area contributed by atoms with E-state index in [1.165, 1.54) is 23.8 Å². The minimum absolute atomic E-state index is 0.0697. The normalized spacial score (nSPS) is 12.1. The number of hydrogen-bond donors (Lipinski definition) is 0. The monoisotopic (exact) mass is 362 g/mol. The molecule has 108 valence electrons. The van der Waals surface area contributed by atoms with Crippen LogP contribution in [0.1, 0.15) is 18.1 Å². The van der Waals surface area contributed by atoms with Crippen molar-refractivity contribution in [3.63, 3.8) is 0 Å². The third kappa shape index (κ3) is 3.58. The van der Waals surface area contributed by atoms with Crippen LogP contribution in [0.4, 0.5) is 8.78 Å². The summed E-state index contributed by atoms with van der Waals surface area (Å²) in [6, 6.07) is 9.61. The van der Waals surface area contributed by atoms with Crippen molar-refractivity contribution in [1.29, 1.82) is 0 Å². The third-order valence-corrected chi connectivity index (χ3v) is 3.29. The molecule has 2 aromatic carbocycles. The van der Waals surface area contributed by atoms with E-state index >= 15 is 0 Å². The molecule has 3 heteroatoms. The molecule has 0 radical (unpaired) electrons. The summed E-state index contributed by atoms with van der Waals surface area (Å²) in [5, 5.41) is 0. The van der Waals surface area contributed by atoms with Gasteiger partial charge in [0.2, 0.25) is 0 Å². The molecule has 0 unspecified atom stereocenters. The van der Waals surface area contributed by atoms with Crippen molar-refractivity contribution in [3.8, 4) is 11.1 Å². The number of hydrogen-bond acceptors (Lipinski definition) is 0. The van der Waals surface area contributed by atoms with Gasteiger partial charge in [-0.15, -0.1) is 0 Å². The Bertz CT molecular complexity index is 655. The van der Waals surface area contributed by atoms with Crippen LogP contribution in [0.2, 0.25) is 9.26 Å². The van der Waals surface area contributed by atoms with Gasteiger partial charge in [-0.05, 0) is 42.2 Å². The van der Waals surface area contributed by atoms with Crippen LogP contribution in [0.5, 0.6) is 0 Å². The number of allylic oxidation sites excluding steroid dienone is 1. The van der Waals surface area contributed by atoms with E-state index in [1.54, 1.807) is 6.07 Å². The SMILES string of the molecule is CC1=Cc2c(cccc2-c2c(F)cccc2F)C1.[CH3][Zr][CH3]. The Morgan fingerprint density at radius 3 is 2.14 bits per heavy atom. The Kier molecular flexibility index (Phi) is 5.64. The van der Waals surface area contributed by atoms with Crippen LogP contribution >= 0.6 is 0 Å². The molecule has 0 amide bonds. The summed E-state index contributed by atoms with van der Waals surface area (Å²) in [6.07, 6.45) is 2.87. The second-order valence-electron chi connectivity index (χ2n) is 5.14. The van der Waals surface area contributed by atoms with Gasteiger partial charge >= 0.3 is 32.5 Å². The van der Waals surface area contributed by atoms with Crippen LogP contribution in [0, 0.1) is 11.6 Å². The zero-order chi connectivity index (χ0) is 15.4. The molecule has 0 saturated carbocycles. The van der Waals surface area contributed by atoms with E-state index in [-0.39, 0.29) is 28.8 Å². The maximum absolute atomic E-state index is 13.8. The van der Waals surface area contributed by atoms with Gasteiger partial charge in [0.15, 0.2) is 0 Å². The van der Waals surface area contributed by atoms with Gasteiger partial charge in [0, 0.05) is 0 Å². The molecule has 2 aromatic rings. The van der Waals surface area contributed by atoms with Gasteiger partial charge in [-0.3, -0.25) is 0 Å². The van der Waals surface area contributed by atoms with E-state index in [4.69, 9.17) is 0 Å². The van der Waals surface area contributed by atoms with Crippen molar-refractivity contribution in [1.82, 2.24) is 0 Å². The summed E-state index contributed by atoms with van der Waals surface area (Å²) in [6.45, 7) is 2.03. The predicted molar refractivity (Wildman–Crippen MR) is 80.9 cm³/mol. The van der Waals surface area contributed by atoms with Crippen molar-refractivity contribution >= 4 is 6.08 Å². The Hall–Kier alpha value is -1.08. The topological polar surface area (TPSA) is 0 Å². The number of fused-ring (bicyclic) bond motifs is 1. The molecule has 3 rings (SSSR count). The summed E-state index contributed by atoms with van der Waals surface area (Å²) in [5.41, 5.74) is 4.00. The zero-order valence-electron chi connectivity index (χ0n) is 12.5. The van der Waals surface area contributed by atoms with Crippen LogP contribution in [-0.2, 0) is 29.7 Å². The second kappa shape index (κ2) is 7.27. The fraction of sp³-hybridized carbons (Fsp3) is 0.222. The molecule has 0 bridgehead atoms. The van der Waals surface area contributed by atoms with Crippen molar-refractivity contribution in [2.75, 3.05) is 0 Å². The first-order chi connectivity index (χ1) is 10.1. The van der Waals surface area contributed by atoms with Gasteiger partial charge in [0.1, 0.15) is 11.6 Å². The average molecular weight is 364 g/mol. The number of rotatable bonds is 1. The summed E-state index contributed by atoms with van der Waals surface area (Å²) >= 11 is 0.230. The van der Waals surface area contributed by atoms with E-state index in [9.17, 15) is 8.78 Å². The van der Waals surface area contributed by atoms with Crippen LogP contribution in [0.15, 0.2) is 42.0 Å². The fourth-order valence-electron chi connectivity index (χ4n) is 2.51. The Labute approximate surface area is 136 Å². The molecule has 0 saturated heterocycles. The van der Waals surface area contributed by atoms with E-state index in [0.29, 0.717) is 5.56 Å². The van der Waals surface area contributed by atoms with Crippen molar-refractivity contribution in [2.24, 2.45) is 0 Å². The molecule has 0 aliphatic heterocycles. The van der Waals surface area contributed by atoms with E-state index in [1.807, 2.05) is 25.1 Å². The van der Waals surface area contributed by atoms with Gasteiger partial charge < -0.3 is 0 Å². The first-order valence-electron chi connectivity index (χ1n) is 6.90. The Morgan fingerprint density at radius 1 is 0.952 bits per heavy atom. The van der Waals surface area contributed by atoms with Gasteiger partial charge in [-0.25, -0.2) is 8.78 Å². The molecular weight excluding hydrogens is 345 g/mol. The Morgan fingerprint density at radius 2 is 1.52 bits per heavy atom. The molecule has 21 heavy (non-hydrogen) atoms. The van der Waals surface area contributed by atoms with Gasteiger partial charge in [0.25, 0.3) is 0 Å². The summed E-state index contributed by atoms with van der Waals surface area (Å²) < 4.78 is 32.3. The number of halogens is 2. The van der Waals surface area contributed by atoms with E-state index in [2.05, 4.69) is 9.26 Å². The molecule has 0 nitrogen and oxygen atoms in total. The molecule has 0 atom stereocenters. The first kappa shape index (κ1) is 16.3. The van der Waals surface area contributed by atoms with Crippen molar-refractivity contribution < 1.29 is 32.0 Å². The van der Waals surface area contributed by atoms with Crippen molar-refractivity contribution in [3.05, 3.63) is 64.7 Å². The summed E-state index contributed by atoms with van der Waals surface area (Å²) in [5.74, 6) is -1.03. The van der Waals surface area contributed by atoms with Crippen LogP contribution in [0.3, 0.4) is 0 Å². The zero-order valence-corrected chi connectivity index (χ0v) is 15.0. The molecule has 0 N–H and O–H groups in total. The second-order valence-corrected chi connectivity index (χ2v) is 7.60. The van der Waals surface area contributed by atoms with Gasteiger partial charge in [-0.2, -0.15) is 0 Å². The quantitative estimate of drug-likeness (QED) is 0.604.